The zero-order valence-electron chi connectivity index (χ0n) is 26.9. The summed E-state index contributed by atoms with van der Waals surface area (Å²) in [5.41, 5.74) is 5.62. The quantitative estimate of drug-likeness (QED) is 0.221. The molecule has 252 valence electrons. The highest BCUT2D eigenvalue weighted by Crippen LogP contribution is 2.40. The van der Waals surface area contributed by atoms with E-state index in [1.807, 2.05) is 72.8 Å². The Morgan fingerprint density at radius 3 is 2.17 bits per heavy atom. The molecule has 0 aromatic heterocycles. The minimum absolute atomic E-state index is 0.00156. The molecular formula is C38H42N2O7S. The van der Waals surface area contributed by atoms with Crippen molar-refractivity contribution in [2.24, 2.45) is 0 Å². The predicted octanol–water partition coefficient (Wildman–Crippen LogP) is 5.71. The van der Waals surface area contributed by atoms with Gasteiger partial charge < -0.3 is 29.0 Å². The van der Waals surface area contributed by atoms with Crippen LogP contribution in [0.4, 0.5) is 0 Å². The zero-order valence-corrected chi connectivity index (χ0v) is 27.7. The zero-order chi connectivity index (χ0) is 33.0. The summed E-state index contributed by atoms with van der Waals surface area (Å²) in [5, 5.41) is 9.56. The van der Waals surface area contributed by atoms with Gasteiger partial charge in [-0.1, -0.05) is 91.0 Å². The summed E-state index contributed by atoms with van der Waals surface area (Å²) in [6, 6.07) is 32.3. The molecule has 0 radical (unpaired) electrons. The maximum Gasteiger partial charge on any atom is 0.240 e. The van der Waals surface area contributed by atoms with E-state index in [0.29, 0.717) is 19.6 Å². The SMILES string of the molecule is O=S(=O)(NCc1ccccc1-c1ccc(C2OC(CN3CCC4(CC3)OCCO4)CC(c3ccc(CO)cc3)O2)cc1)c1ccccc1. The molecule has 2 N–H and O–H groups in total. The molecule has 0 aliphatic carbocycles. The Kier molecular flexibility index (Phi) is 10.0. The van der Waals surface area contributed by atoms with Crippen molar-refractivity contribution in [2.45, 2.75) is 61.6 Å². The van der Waals surface area contributed by atoms with Gasteiger partial charge in [0, 0.05) is 51.0 Å². The summed E-state index contributed by atoms with van der Waals surface area (Å²) in [5.74, 6) is -0.418. The van der Waals surface area contributed by atoms with Crippen LogP contribution in [0.2, 0.25) is 0 Å². The van der Waals surface area contributed by atoms with Crippen LogP contribution in [0.3, 0.4) is 0 Å². The van der Waals surface area contributed by atoms with E-state index in [2.05, 4.69) is 9.62 Å². The number of rotatable bonds is 10. The molecule has 1 spiro atoms. The number of piperidine rings is 1. The molecule has 3 aliphatic rings. The molecule has 3 aliphatic heterocycles. The van der Waals surface area contributed by atoms with E-state index in [-0.39, 0.29) is 30.3 Å². The summed E-state index contributed by atoms with van der Waals surface area (Å²) in [6.45, 7) is 4.05. The van der Waals surface area contributed by atoms with Crippen molar-refractivity contribution in [1.29, 1.82) is 0 Å². The number of aliphatic hydroxyl groups excluding tert-OH is 1. The van der Waals surface area contributed by atoms with Crippen LogP contribution in [0, 0.1) is 0 Å². The van der Waals surface area contributed by atoms with Crippen LogP contribution < -0.4 is 4.72 Å². The normalized spacial score (nSPS) is 23.0. The van der Waals surface area contributed by atoms with Gasteiger partial charge in [0.15, 0.2) is 12.1 Å². The highest BCUT2D eigenvalue weighted by Gasteiger charge is 2.41. The van der Waals surface area contributed by atoms with E-state index < -0.39 is 22.1 Å². The first-order valence-electron chi connectivity index (χ1n) is 16.6. The summed E-state index contributed by atoms with van der Waals surface area (Å²) in [4.78, 5) is 2.67. The van der Waals surface area contributed by atoms with Gasteiger partial charge in [-0.15, -0.1) is 0 Å². The Hall–Kier alpha value is -3.45. The van der Waals surface area contributed by atoms with Crippen molar-refractivity contribution < 1.29 is 32.5 Å². The first kappa shape index (κ1) is 33.1. The van der Waals surface area contributed by atoms with Crippen LogP contribution in [-0.2, 0) is 42.1 Å². The minimum atomic E-state index is -3.64. The second kappa shape index (κ2) is 14.6. The Morgan fingerprint density at radius 2 is 1.46 bits per heavy atom. The lowest BCUT2D eigenvalue weighted by atomic mass is 9.97. The molecule has 0 amide bonds. The number of nitrogens with zero attached hydrogens (tertiary/aromatic N) is 1. The summed E-state index contributed by atoms with van der Waals surface area (Å²) >= 11 is 0. The molecule has 3 saturated heterocycles. The number of aliphatic hydroxyl groups is 1. The van der Waals surface area contributed by atoms with Crippen molar-refractivity contribution in [3.63, 3.8) is 0 Å². The van der Waals surface area contributed by atoms with Crippen molar-refractivity contribution >= 4 is 10.0 Å². The van der Waals surface area contributed by atoms with E-state index >= 15 is 0 Å². The maximum atomic E-state index is 12.9. The van der Waals surface area contributed by atoms with E-state index in [1.54, 1.807) is 30.3 Å². The van der Waals surface area contributed by atoms with Crippen molar-refractivity contribution in [3.8, 4) is 11.1 Å². The topological polar surface area (TPSA) is 107 Å². The fourth-order valence-electron chi connectivity index (χ4n) is 6.81. The van der Waals surface area contributed by atoms with Gasteiger partial charge in [0.05, 0.1) is 36.9 Å². The summed E-state index contributed by atoms with van der Waals surface area (Å²) in [6.07, 6.45) is 1.63. The van der Waals surface area contributed by atoms with Crippen LogP contribution in [0.15, 0.2) is 108 Å². The number of ether oxygens (including phenoxy) is 4. The number of hydrogen-bond acceptors (Lipinski definition) is 8. The Morgan fingerprint density at radius 1 is 0.792 bits per heavy atom. The van der Waals surface area contributed by atoms with Crippen LogP contribution in [0.5, 0.6) is 0 Å². The largest absolute Gasteiger partial charge is 0.392 e. The third-order valence-corrected chi connectivity index (χ3v) is 10.9. The Balaban J connectivity index is 1.07. The van der Waals surface area contributed by atoms with Crippen LogP contribution in [0.25, 0.3) is 11.1 Å². The second-order valence-electron chi connectivity index (χ2n) is 12.7. The number of sulfonamides is 1. The summed E-state index contributed by atoms with van der Waals surface area (Å²) in [7, 11) is -3.64. The lowest BCUT2D eigenvalue weighted by Gasteiger charge is -2.41. The molecule has 3 unspecified atom stereocenters. The van der Waals surface area contributed by atoms with Crippen molar-refractivity contribution in [3.05, 3.63) is 125 Å². The smallest absolute Gasteiger partial charge is 0.240 e. The van der Waals surface area contributed by atoms with E-state index in [1.165, 1.54) is 0 Å². The maximum absolute atomic E-state index is 12.9. The fraction of sp³-hybridized carbons (Fsp3) is 0.368. The molecule has 48 heavy (non-hydrogen) atoms. The molecular weight excluding hydrogens is 628 g/mol. The first-order valence-corrected chi connectivity index (χ1v) is 18.1. The van der Waals surface area contributed by atoms with E-state index in [0.717, 1.165) is 65.9 Å². The molecule has 0 bridgehead atoms. The average molecular weight is 671 g/mol. The number of hydrogen-bond donors (Lipinski definition) is 2. The fourth-order valence-corrected chi connectivity index (χ4v) is 7.84. The molecule has 4 aromatic rings. The number of likely N-dealkylation sites (tertiary alicyclic amines) is 1. The first-order chi connectivity index (χ1) is 23.4. The molecule has 0 saturated carbocycles. The van der Waals surface area contributed by atoms with Crippen molar-refractivity contribution in [1.82, 2.24) is 9.62 Å². The minimum Gasteiger partial charge on any atom is -0.392 e. The van der Waals surface area contributed by atoms with Gasteiger partial charge in [0.25, 0.3) is 0 Å². The predicted molar refractivity (Wildman–Crippen MR) is 181 cm³/mol. The third kappa shape index (κ3) is 7.56. The molecule has 10 heteroatoms. The highest BCUT2D eigenvalue weighted by atomic mass is 32.2. The molecule has 9 nitrogen and oxygen atoms in total. The molecule has 4 aromatic carbocycles. The van der Waals surface area contributed by atoms with Gasteiger partial charge in [-0.2, -0.15) is 0 Å². The Bertz CT molecular complexity index is 1750. The van der Waals surface area contributed by atoms with Gasteiger partial charge in [0.1, 0.15) is 0 Å². The van der Waals surface area contributed by atoms with Crippen molar-refractivity contribution in [2.75, 3.05) is 32.8 Å². The van der Waals surface area contributed by atoms with Gasteiger partial charge in [-0.3, -0.25) is 0 Å². The third-order valence-electron chi connectivity index (χ3n) is 9.53. The number of benzene rings is 4. The number of nitrogens with one attached hydrogen (secondary N) is 1. The molecule has 3 fully saturated rings. The van der Waals surface area contributed by atoms with E-state index in [9.17, 15) is 13.5 Å². The molecule has 3 heterocycles. The van der Waals surface area contributed by atoms with Crippen LogP contribution >= 0.6 is 0 Å². The second-order valence-corrected chi connectivity index (χ2v) is 14.4. The average Bonchev–Trinajstić information content (AvgIpc) is 3.60. The monoisotopic (exact) mass is 670 g/mol. The van der Waals surface area contributed by atoms with Gasteiger partial charge >= 0.3 is 0 Å². The molecule has 3 atom stereocenters. The van der Waals surface area contributed by atoms with Gasteiger partial charge in [-0.25, -0.2) is 13.1 Å². The standard InChI is InChI=1S/C38H42N2O7S/c41-27-28-10-12-30(13-11-28)36-24-33(26-40-20-18-38(19-21-40)44-22-23-45-38)46-37(47-36)31-16-14-29(15-17-31)35-9-5-4-6-32(35)25-39-48(42,43)34-7-2-1-3-8-34/h1-17,33,36-37,39,41H,18-27H2. The van der Waals surface area contributed by atoms with Gasteiger partial charge in [0.2, 0.25) is 10.0 Å². The Labute approximate surface area is 282 Å². The highest BCUT2D eigenvalue weighted by molar-refractivity contribution is 7.89. The summed E-state index contributed by atoms with van der Waals surface area (Å²) < 4.78 is 53.6. The lowest BCUT2D eigenvalue weighted by Crippen LogP contribution is -2.48. The van der Waals surface area contributed by atoms with E-state index in [4.69, 9.17) is 18.9 Å². The molecule has 7 rings (SSSR count). The van der Waals surface area contributed by atoms with Gasteiger partial charge in [-0.05, 0) is 39.9 Å². The van der Waals surface area contributed by atoms with Crippen LogP contribution in [0.1, 0.15) is 53.9 Å². The van der Waals surface area contributed by atoms with Crippen LogP contribution in [-0.4, -0.2) is 63.2 Å². The lowest BCUT2D eigenvalue weighted by molar-refractivity contribution is -0.255.